The molecule has 1 aromatic heterocycles. The lowest BCUT2D eigenvalue weighted by molar-refractivity contribution is 0.596. The summed E-state index contributed by atoms with van der Waals surface area (Å²) in [6, 6.07) is 7.01. The maximum atomic E-state index is 11.7. The Kier molecular flexibility index (Phi) is 2.89. The number of hydrogen-bond acceptors (Lipinski definition) is 4. The number of aromatic nitrogens is 3. The van der Waals surface area contributed by atoms with Crippen molar-refractivity contribution in [3.05, 3.63) is 41.7 Å². The summed E-state index contributed by atoms with van der Waals surface area (Å²) < 4.78 is 25.2. The van der Waals surface area contributed by atoms with Crippen molar-refractivity contribution in [2.24, 2.45) is 0 Å². The molecular formula is C13H15N3O2S. The van der Waals surface area contributed by atoms with Crippen molar-refractivity contribution in [1.82, 2.24) is 15.0 Å². The second-order valence-corrected chi connectivity index (χ2v) is 6.98. The smallest absolute Gasteiger partial charge is 0.175 e. The van der Waals surface area contributed by atoms with Gasteiger partial charge in [0.25, 0.3) is 0 Å². The van der Waals surface area contributed by atoms with E-state index in [-0.39, 0.29) is 0 Å². The quantitative estimate of drug-likeness (QED) is 0.851. The second-order valence-electron chi connectivity index (χ2n) is 5.00. The Morgan fingerprint density at radius 1 is 1.32 bits per heavy atom. The number of hydrogen-bond donors (Lipinski definition) is 0. The summed E-state index contributed by atoms with van der Waals surface area (Å²) in [4.78, 5) is 0.360. The second kappa shape index (κ2) is 4.45. The lowest BCUT2D eigenvalue weighted by atomic mass is 10.2. The van der Waals surface area contributed by atoms with Crippen molar-refractivity contribution < 1.29 is 8.42 Å². The fraction of sp³-hybridized carbons (Fsp3) is 0.385. The van der Waals surface area contributed by atoms with Gasteiger partial charge < -0.3 is 0 Å². The van der Waals surface area contributed by atoms with Gasteiger partial charge in [0.1, 0.15) is 0 Å². The van der Waals surface area contributed by atoms with Gasteiger partial charge in [0.2, 0.25) is 0 Å². The van der Waals surface area contributed by atoms with Gasteiger partial charge >= 0.3 is 0 Å². The molecule has 0 amide bonds. The lowest BCUT2D eigenvalue weighted by Crippen LogP contribution is -2.07. The van der Waals surface area contributed by atoms with E-state index in [1.165, 1.54) is 19.1 Å². The van der Waals surface area contributed by atoms with Crippen LogP contribution in [0, 0.1) is 0 Å². The molecular weight excluding hydrogens is 262 g/mol. The topological polar surface area (TPSA) is 64.8 Å². The predicted octanol–water partition coefficient (Wildman–Crippen LogP) is 1.61. The normalized spacial score (nSPS) is 15.6. The van der Waals surface area contributed by atoms with Crippen LogP contribution >= 0.6 is 0 Å². The first kappa shape index (κ1) is 12.3. The van der Waals surface area contributed by atoms with E-state index in [9.17, 15) is 8.42 Å². The Morgan fingerprint density at radius 3 is 2.74 bits per heavy atom. The van der Waals surface area contributed by atoms with E-state index in [1.807, 2.05) is 18.3 Å². The van der Waals surface area contributed by atoms with Crippen LogP contribution in [0.1, 0.15) is 30.0 Å². The first-order valence-corrected chi connectivity index (χ1v) is 8.11. The molecule has 3 rings (SSSR count). The number of rotatable bonds is 4. The van der Waals surface area contributed by atoms with Crippen molar-refractivity contribution in [2.75, 3.05) is 6.26 Å². The first-order chi connectivity index (χ1) is 9.04. The van der Waals surface area contributed by atoms with Crippen molar-refractivity contribution in [1.29, 1.82) is 0 Å². The Bertz CT molecular complexity index is 702. The number of nitrogens with zero attached hydrogens (tertiary/aromatic N) is 3. The summed E-state index contributed by atoms with van der Waals surface area (Å²) >= 11 is 0. The third-order valence-corrected chi connectivity index (χ3v) is 4.45. The van der Waals surface area contributed by atoms with Crippen LogP contribution in [-0.4, -0.2) is 29.7 Å². The highest BCUT2D eigenvalue weighted by atomic mass is 32.2. The molecule has 1 aliphatic carbocycles. The van der Waals surface area contributed by atoms with Crippen LogP contribution in [0.3, 0.4) is 0 Å². The summed E-state index contributed by atoms with van der Waals surface area (Å²) in [6.45, 7) is 0.433. The molecule has 100 valence electrons. The highest BCUT2D eigenvalue weighted by molar-refractivity contribution is 7.90. The molecule has 0 N–H and O–H groups in total. The lowest BCUT2D eigenvalue weighted by Gasteiger charge is -2.07. The van der Waals surface area contributed by atoms with Crippen molar-refractivity contribution in [2.45, 2.75) is 30.2 Å². The molecule has 0 saturated heterocycles. The molecule has 0 aliphatic heterocycles. The molecule has 0 unspecified atom stereocenters. The van der Waals surface area contributed by atoms with Gasteiger partial charge in [-0.3, -0.25) is 0 Å². The zero-order valence-corrected chi connectivity index (χ0v) is 11.5. The van der Waals surface area contributed by atoms with Gasteiger partial charge in [0.15, 0.2) is 9.84 Å². The van der Waals surface area contributed by atoms with Gasteiger partial charge in [-0.1, -0.05) is 23.4 Å². The van der Waals surface area contributed by atoms with E-state index >= 15 is 0 Å². The third kappa shape index (κ3) is 2.68. The van der Waals surface area contributed by atoms with Crippen LogP contribution in [0.5, 0.6) is 0 Å². The first-order valence-electron chi connectivity index (χ1n) is 6.22. The van der Waals surface area contributed by atoms with Crippen molar-refractivity contribution in [3.8, 4) is 0 Å². The Hall–Kier alpha value is -1.69. The molecule has 0 bridgehead atoms. The molecule has 0 spiro atoms. The summed E-state index contributed by atoms with van der Waals surface area (Å²) in [7, 11) is -3.21. The maximum absolute atomic E-state index is 11.7. The molecule has 6 heteroatoms. The minimum Gasteiger partial charge on any atom is -0.248 e. The van der Waals surface area contributed by atoms with Gasteiger partial charge in [-0.2, -0.15) is 0 Å². The number of sulfone groups is 1. The van der Waals surface area contributed by atoms with Gasteiger partial charge in [0, 0.05) is 18.4 Å². The summed E-state index contributed by atoms with van der Waals surface area (Å²) in [5, 5.41) is 8.20. The molecule has 2 aromatic rings. The molecule has 1 fully saturated rings. The van der Waals surface area contributed by atoms with E-state index in [4.69, 9.17) is 0 Å². The third-order valence-electron chi connectivity index (χ3n) is 3.26. The minimum atomic E-state index is -3.21. The Labute approximate surface area is 112 Å². The highest BCUT2D eigenvalue weighted by Crippen LogP contribution is 2.38. The summed E-state index contributed by atoms with van der Waals surface area (Å²) in [5.74, 6) is 0.555. The molecule has 19 heavy (non-hydrogen) atoms. The fourth-order valence-electron chi connectivity index (χ4n) is 2.13. The van der Waals surface area contributed by atoms with Gasteiger partial charge in [0.05, 0.1) is 17.1 Å². The van der Waals surface area contributed by atoms with Crippen LogP contribution < -0.4 is 0 Å². The zero-order valence-electron chi connectivity index (χ0n) is 10.7. The SMILES string of the molecule is CS(=O)(=O)c1ccccc1Cn1cc(C2CC2)nn1. The standard InChI is InChI=1S/C13H15N3O2S/c1-19(17,18)13-5-3-2-4-11(13)8-16-9-12(14-15-16)10-6-7-10/h2-5,9-10H,6-8H2,1H3. The summed E-state index contributed by atoms with van der Waals surface area (Å²) in [6.07, 6.45) is 5.50. The van der Waals surface area contributed by atoms with Crippen LogP contribution in [0.2, 0.25) is 0 Å². The van der Waals surface area contributed by atoms with E-state index < -0.39 is 9.84 Å². The molecule has 1 saturated carbocycles. The molecule has 0 radical (unpaired) electrons. The maximum Gasteiger partial charge on any atom is 0.175 e. The zero-order chi connectivity index (χ0) is 13.5. The summed E-state index contributed by atoms with van der Waals surface area (Å²) in [5.41, 5.74) is 1.76. The minimum absolute atomic E-state index is 0.360. The average Bonchev–Trinajstić information content (AvgIpc) is 3.10. The van der Waals surface area contributed by atoms with E-state index in [0.29, 0.717) is 17.4 Å². The Balaban J connectivity index is 1.90. The van der Waals surface area contributed by atoms with E-state index in [2.05, 4.69) is 10.3 Å². The fourth-order valence-corrected chi connectivity index (χ4v) is 3.06. The van der Waals surface area contributed by atoms with E-state index in [1.54, 1.807) is 16.8 Å². The van der Waals surface area contributed by atoms with Crippen LogP contribution in [0.4, 0.5) is 0 Å². The average molecular weight is 277 g/mol. The molecule has 0 atom stereocenters. The molecule has 5 nitrogen and oxygen atoms in total. The largest absolute Gasteiger partial charge is 0.248 e. The van der Waals surface area contributed by atoms with Gasteiger partial charge in [-0.25, -0.2) is 13.1 Å². The highest BCUT2D eigenvalue weighted by Gasteiger charge is 2.26. The van der Waals surface area contributed by atoms with Crippen LogP contribution in [0.25, 0.3) is 0 Å². The predicted molar refractivity (Wildman–Crippen MR) is 70.7 cm³/mol. The van der Waals surface area contributed by atoms with Gasteiger partial charge in [-0.15, -0.1) is 5.10 Å². The van der Waals surface area contributed by atoms with Crippen molar-refractivity contribution in [3.63, 3.8) is 0 Å². The molecule has 1 aromatic carbocycles. The Morgan fingerprint density at radius 2 is 2.05 bits per heavy atom. The molecule has 1 heterocycles. The van der Waals surface area contributed by atoms with E-state index in [0.717, 1.165) is 11.3 Å². The molecule has 1 aliphatic rings. The van der Waals surface area contributed by atoms with Crippen LogP contribution in [0.15, 0.2) is 35.4 Å². The van der Waals surface area contributed by atoms with Gasteiger partial charge in [-0.05, 0) is 24.5 Å². The number of benzene rings is 1. The monoisotopic (exact) mass is 277 g/mol. The van der Waals surface area contributed by atoms with Crippen LogP contribution in [-0.2, 0) is 16.4 Å². The van der Waals surface area contributed by atoms with Crippen molar-refractivity contribution >= 4 is 9.84 Å².